The van der Waals surface area contributed by atoms with Gasteiger partial charge in [-0.25, -0.2) is 4.98 Å². The smallest absolute Gasteiger partial charge is 0.263 e. The highest BCUT2D eigenvalue weighted by Crippen LogP contribution is 2.34. The van der Waals surface area contributed by atoms with Gasteiger partial charge in [0.05, 0.1) is 5.39 Å². The van der Waals surface area contributed by atoms with Crippen LogP contribution in [0.4, 0.5) is 5.95 Å². The molecule has 2 aromatic heterocycles. The van der Waals surface area contributed by atoms with Gasteiger partial charge in [-0.2, -0.15) is 0 Å². The zero-order valence-electron chi connectivity index (χ0n) is 12.2. The minimum absolute atomic E-state index is 0.135. The molecule has 0 saturated carbocycles. The van der Waals surface area contributed by atoms with Gasteiger partial charge in [0.2, 0.25) is 5.95 Å². The van der Waals surface area contributed by atoms with E-state index in [0.717, 1.165) is 42.0 Å². The van der Waals surface area contributed by atoms with Crippen LogP contribution in [-0.2, 0) is 19.4 Å². The molecule has 0 saturated heterocycles. The molecule has 0 radical (unpaired) electrons. The molecule has 1 aliphatic carbocycles. The molecule has 0 aliphatic heterocycles. The molecule has 4 nitrogen and oxygen atoms in total. The Morgan fingerprint density at radius 1 is 1.30 bits per heavy atom. The number of anilines is 1. The zero-order valence-corrected chi connectivity index (χ0v) is 13.0. The monoisotopic (exact) mass is 291 g/mol. The summed E-state index contributed by atoms with van der Waals surface area (Å²) in [6, 6.07) is 0. The topological polar surface area (TPSA) is 46.9 Å². The van der Waals surface area contributed by atoms with Crippen LogP contribution in [0.15, 0.2) is 4.79 Å². The molecule has 0 spiro atoms. The van der Waals surface area contributed by atoms with E-state index in [4.69, 9.17) is 4.98 Å². The third kappa shape index (κ3) is 2.14. The number of hydrogen-bond donors (Lipinski definition) is 1. The predicted octanol–water partition coefficient (Wildman–Crippen LogP) is 3.18. The van der Waals surface area contributed by atoms with Gasteiger partial charge < -0.3 is 5.32 Å². The highest BCUT2D eigenvalue weighted by molar-refractivity contribution is 7.18. The molecule has 5 heteroatoms. The number of fused-ring (bicyclic) bond motifs is 3. The van der Waals surface area contributed by atoms with Gasteiger partial charge in [0, 0.05) is 18.0 Å². The van der Waals surface area contributed by atoms with E-state index in [2.05, 4.69) is 12.2 Å². The summed E-state index contributed by atoms with van der Waals surface area (Å²) in [6.45, 7) is 5.64. The van der Waals surface area contributed by atoms with E-state index in [1.807, 2.05) is 6.92 Å². The van der Waals surface area contributed by atoms with Crippen molar-refractivity contribution in [3.8, 4) is 0 Å². The first kappa shape index (κ1) is 13.6. The maximum atomic E-state index is 12.8. The average Bonchev–Trinajstić information content (AvgIpc) is 2.83. The fraction of sp³-hybridized carbons (Fsp3) is 0.600. The van der Waals surface area contributed by atoms with E-state index in [1.165, 1.54) is 23.3 Å². The van der Waals surface area contributed by atoms with Crippen LogP contribution in [0, 0.1) is 0 Å². The highest BCUT2D eigenvalue weighted by atomic mass is 32.1. The normalized spacial score (nSPS) is 14.5. The van der Waals surface area contributed by atoms with Crippen molar-refractivity contribution < 1.29 is 0 Å². The SMILES string of the molecule is CCCNc1nc2sc3c(c2c(=O)n1CC)CCCC3. The molecule has 2 aromatic rings. The lowest BCUT2D eigenvalue weighted by Gasteiger charge is -2.13. The molecule has 20 heavy (non-hydrogen) atoms. The standard InChI is InChI=1S/C15H21N3OS/c1-3-9-16-15-17-13-12(14(19)18(15)4-2)10-7-5-6-8-11(10)20-13/h3-9H2,1-2H3,(H,16,17). The summed E-state index contributed by atoms with van der Waals surface area (Å²) in [5.74, 6) is 0.727. The van der Waals surface area contributed by atoms with Gasteiger partial charge >= 0.3 is 0 Å². The molecule has 1 aliphatic rings. The number of nitrogens with zero attached hydrogens (tertiary/aromatic N) is 2. The fourth-order valence-electron chi connectivity index (χ4n) is 2.90. The van der Waals surface area contributed by atoms with Gasteiger partial charge in [0.15, 0.2) is 0 Å². The van der Waals surface area contributed by atoms with Crippen LogP contribution in [0.25, 0.3) is 10.2 Å². The van der Waals surface area contributed by atoms with Crippen LogP contribution in [-0.4, -0.2) is 16.1 Å². The number of hydrogen-bond acceptors (Lipinski definition) is 4. The average molecular weight is 291 g/mol. The number of nitrogens with one attached hydrogen (secondary N) is 1. The van der Waals surface area contributed by atoms with Crippen LogP contribution < -0.4 is 10.9 Å². The summed E-state index contributed by atoms with van der Waals surface area (Å²) >= 11 is 1.72. The van der Waals surface area contributed by atoms with Crippen molar-refractivity contribution in [1.82, 2.24) is 9.55 Å². The van der Waals surface area contributed by atoms with Crippen molar-refractivity contribution in [3.05, 3.63) is 20.8 Å². The first-order valence-corrected chi connectivity index (χ1v) is 8.36. The second-order valence-electron chi connectivity index (χ2n) is 5.30. The van der Waals surface area contributed by atoms with E-state index in [1.54, 1.807) is 15.9 Å². The molecule has 2 heterocycles. The van der Waals surface area contributed by atoms with Gasteiger partial charge in [-0.1, -0.05) is 6.92 Å². The van der Waals surface area contributed by atoms with Crippen LogP contribution in [0.3, 0.4) is 0 Å². The van der Waals surface area contributed by atoms with Crippen LogP contribution in [0.5, 0.6) is 0 Å². The van der Waals surface area contributed by atoms with Crippen molar-refractivity contribution in [1.29, 1.82) is 0 Å². The van der Waals surface area contributed by atoms with Gasteiger partial charge in [0.1, 0.15) is 4.83 Å². The molecule has 0 aromatic carbocycles. The fourth-order valence-corrected chi connectivity index (χ4v) is 4.16. The van der Waals surface area contributed by atoms with Crippen molar-refractivity contribution in [3.63, 3.8) is 0 Å². The Kier molecular flexibility index (Phi) is 3.78. The number of rotatable bonds is 4. The van der Waals surface area contributed by atoms with Gasteiger partial charge in [0.25, 0.3) is 5.56 Å². The summed E-state index contributed by atoms with van der Waals surface area (Å²) in [5.41, 5.74) is 1.41. The Bertz CT molecular complexity index is 686. The number of thiophene rings is 1. The maximum absolute atomic E-state index is 12.8. The van der Waals surface area contributed by atoms with Crippen LogP contribution >= 0.6 is 11.3 Å². The Hall–Kier alpha value is -1.36. The molecule has 0 fully saturated rings. The summed E-state index contributed by atoms with van der Waals surface area (Å²) in [7, 11) is 0. The first-order chi connectivity index (χ1) is 9.76. The van der Waals surface area contributed by atoms with E-state index in [-0.39, 0.29) is 5.56 Å². The molecular formula is C15H21N3OS. The minimum Gasteiger partial charge on any atom is -0.356 e. The number of aromatic nitrogens is 2. The molecule has 1 N–H and O–H groups in total. The van der Waals surface area contributed by atoms with Gasteiger partial charge in [-0.15, -0.1) is 11.3 Å². The first-order valence-electron chi connectivity index (χ1n) is 7.55. The molecule has 0 unspecified atom stereocenters. The summed E-state index contributed by atoms with van der Waals surface area (Å²) in [6.07, 6.45) is 5.61. The highest BCUT2D eigenvalue weighted by Gasteiger charge is 2.21. The Morgan fingerprint density at radius 2 is 2.10 bits per heavy atom. The van der Waals surface area contributed by atoms with Gasteiger partial charge in [-0.05, 0) is 44.6 Å². The lowest BCUT2D eigenvalue weighted by Crippen LogP contribution is -2.25. The molecule has 0 amide bonds. The van der Waals surface area contributed by atoms with Crippen LogP contribution in [0.2, 0.25) is 0 Å². The predicted molar refractivity (Wildman–Crippen MR) is 85.0 cm³/mol. The lowest BCUT2D eigenvalue weighted by molar-refractivity contribution is 0.695. The quantitative estimate of drug-likeness (QED) is 0.941. The molecule has 0 atom stereocenters. The van der Waals surface area contributed by atoms with Crippen molar-refractivity contribution in [2.24, 2.45) is 0 Å². The minimum atomic E-state index is 0.135. The van der Waals surface area contributed by atoms with E-state index >= 15 is 0 Å². The zero-order chi connectivity index (χ0) is 14.1. The lowest BCUT2D eigenvalue weighted by atomic mass is 9.97. The van der Waals surface area contributed by atoms with Crippen molar-refractivity contribution in [2.45, 2.75) is 52.5 Å². The van der Waals surface area contributed by atoms with E-state index in [0.29, 0.717) is 6.54 Å². The molecule has 3 rings (SSSR count). The molecule has 0 bridgehead atoms. The van der Waals surface area contributed by atoms with Crippen molar-refractivity contribution in [2.75, 3.05) is 11.9 Å². The summed E-state index contributed by atoms with van der Waals surface area (Å²) < 4.78 is 1.78. The molecule has 108 valence electrons. The van der Waals surface area contributed by atoms with Gasteiger partial charge in [-0.3, -0.25) is 9.36 Å². The third-order valence-corrected chi connectivity index (χ3v) is 5.11. The van der Waals surface area contributed by atoms with E-state index < -0.39 is 0 Å². The van der Waals surface area contributed by atoms with Crippen molar-refractivity contribution >= 4 is 27.5 Å². The Morgan fingerprint density at radius 3 is 2.85 bits per heavy atom. The number of aryl methyl sites for hydroxylation is 2. The maximum Gasteiger partial charge on any atom is 0.263 e. The third-order valence-electron chi connectivity index (χ3n) is 3.92. The summed E-state index contributed by atoms with van der Waals surface area (Å²) in [5, 5.41) is 4.17. The van der Waals surface area contributed by atoms with Crippen LogP contribution in [0.1, 0.15) is 43.6 Å². The summed E-state index contributed by atoms with van der Waals surface area (Å²) in [4.78, 5) is 19.8. The largest absolute Gasteiger partial charge is 0.356 e. The Labute approximate surface area is 122 Å². The molecular weight excluding hydrogens is 270 g/mol. The second kappa shape index (κ2) is 5.56. The second-order valence-corrected chi connectivity index (χ2v) is 6.39. The Balaban J connectivity index is 2.21. The van der Waals surface area contributed by atoms with E-state index in [9.17, 15) is 4.79 Å².